The van der Waals surface area contributed by atoms with Gasteiger partial charge in [-0.2, -0.15) is 0 Å². The van der Waals surface area contributed by atoms with Gasteiger partial charge in [0.2, 0.25) is 17.7 Å². The van der Waals surface area contributed by atoms with Gasteiger partial charge in [0.15, 0.2) is 0 Å². The Morgan fingerprint density at radius 1 is 0.776 bits per heavy atom. The molecule has 17 nitrogen and oxygen atoms in total. The van der Waals surface area contributed by atoms with Gasteiger partial charge in [0.1, 0.15) is 47.2 Å². The zero-order valence-electron chi connectivity index (χ0n) is 43.0. The number of ether oxygens (including phenoxy) is 1. The fraction of sp³-hybridized carbons (Fsp3) is 0.473. The van der Waals surface area contributed by atoms with E-state index in [0.29, 0.717) is 55.3 Å². The monoisotopic (exact) mass is 1060 g/mol. The smallest absolute Gasteiger partial charge is 0.255 e. The van der Waals surface area contributed by atoms with Crippen molar-refractivity contribution in [2.24, 2.45) is 5.92 Å². The molecule has 2 aromatic carbocycles. The third-order valence-electron chi connectivity index (χ3n) is 14.6. The molecule has 3 aliphatic rings. The molecule has 0 saturated carbocycles. The number of carbonyl (C=O) groups is 3. The van der Waals surface area contributed by atoms with Gasteiger partial charge >= 0.3 is 0 Å². The Bertz CT molecular complexity index is 2820. The number of aliphatic hydroxyl groups is 2. The number of hydrogen-bond donors (Lipinski definition) is 6. The van der Waals surface area contributed by atoms with E-state index >= 15 is 0 Å². The molecule has 7 heterocycles. The molecule has 0 radical (unpaired) electrons. The van der Waals surface area contributed by atoms with Gasteiger partial charge in [-0.1, -0.05) is 48.5 Å². The SMILES string of the molecule is CC(C)(c1cc2cnccc2o1)N1CCN(C[C@@H](O)C[C@@H](Cc2ccccc2)C(=O)N[C@H]2c3ccccc3OC[C@H]2O)[C@H](C(=O)NCC(F)F)C1.CC(C)(c1cc2cnccc2o1)N1CCN[C@H](C(=O)NCC(F)F)C1. The van der Waals surface area contributed by atoms with Crippen LogP contribution in [0.25, 0.3) is 21.9 Å². The maximum atomic E-state index is 13.9. The minimum Gasteiger partial charge on any atom is -0.490 e. The van der Waals surface area contributed by atoms with Crippen molar-refractivity contribution in [2.75, 3.05) is 65.5 Å². The van der Waals surface area contributed by atoms with Crippen LogP contribution in [0.2, 0.25) is 0 Å². The first-order valence-corrected chi connectivity index (χ1v) is 25.6. The summed E-state index contributed by atoms with van der Waals surface area (Å²) in [6.07, 6.45) is -0.0844. The highest BCUT2D eigenvalue weighted by Gasteiger charge is 2.42. The van der Waals surface area contributed by atoms with Crippen molar-refractivity contribution in [1.82, 2.24) is 45.9 Å². The summed E-state index contributed by atoms with van der Waals surface area (Å²) >= 11 is 0. The lowest BCUT2D eigenvalue weighted by atomic mass is 9.90. The standard InChI is InChI=1S/C38H45F2N5O6.C17H22F2N4O2/c1-38(2,33-18-26-19-41-13-12-31(26)51-33)45-15-14-44(29(22-45)37(49)42-20-34(39)40)21-27(46)17-25(16-24-8-4-3-5-9-24)36(48)43-35-28-10-6-7-11-32(28)50-23-30(35)47;1-17(2,14-7-11-8-20-4-3-13(11)25-14)23-6-5-21-12(10-23)16(24)22-9-15(18)19/h3-13,18-19,25,27,29-30,34-35,46-47H,14-17,20-23H2,1-2H3,(H,42,49)(H,43,48);3-4,7-8,12,15,21H,5-6,9-10H2,1-2H3,(H,22,24)/t25-,27+,29+,30-,35+;12-/m10/s1. The zero-order chi connectivity index (χ0) is 54.1. The van der Waals surface area contributed by atoms with Crippen LogP contribution >= 0.6 is 0 Å². The average molecular weight is 1060 g/mol. The molecule has 0 spiro atoms. The molecule has 6 aromatic rings. The lowest BCUT2D eigenvalue weighted by Gasteiger charge is -2.47. The number of pyridine rings is 2. The maximum absolute atomic E-state index is 13.9. The molecule has 3 amide bonds. The van der Waals surface area contributed by atoms with Crippen molar-refractivity contribution in [2.45, 2.75) is 94.8 Å². The van der Waals surface area contributed by atoms with Crippen LogP contribution in [0, 0.1) is 5.92 Å². The highest BCUT2D eigenvalue weighted by atomic mass is 19.3. The fourth-order valence-corrected chi connectivity index (χ4v) is 10.2. The molecule has 0 bridgehead atoms. The van der Waals surface area contributed by atoms with Crippen molar-refractivity contribution < 1.29 is 55.7 Å². The quantitative estimate of drug-likeness (QED) is 0.0599. The Balaban J connectivity index is 0.000000255. The Hall–Kier alpha value is -6.49. The molecule has 9 rings (SSSR count). The van der Waals surface area contributed by atoms with Crippen molar-refractivity contribution in [3.05, 3.63) is 126 Å². The van der Waals surface area contributed by atoms with E-state index in [1.807, 2.05) is 88.4 Å². The summed E-state index contributed by atoms with van der Waals surface area (Å²) < 4.78 is 68.7. The largest absolute Gasteiger partial charge is 0.490 e. The van der Waals surface area contributed by atoms with E-state index in [9.17, 15) is 42.2 Å². The number of aliphatic hydroxyl groups excluding tert-OH is 2. The first kappa shape index (κ1) is 55.7. The van der Waals surface area contributed by atoms with Crippen molar-refractivity contribution in [1.29, 1.82) is 0 Å². The summed E-state index contributed by atoms with van der Waals surface area (Å²) in [7, 11) is 0. The summed E-state index contributed by atoms with van der Waals surface area (Å²) in [4.78, 5) is 53.7. The second kappa shape index (κ2) is 24.7. The van der Waals surface area contributed by atoms with Gasteiger partial charge in [-0.3, -0.25) is 39.1 Å². The third-order valence-corrected chi connectivity index (χ3v) is 14.6. The number of halogens is 4. The minimum atomic E-state index is -2.72. The zero-order valence-corrected chi connectivity index (χ0v) is 43.0. The van der Waals surface area contributed by atoms with E-state index in [1.165, 1.54) is 0 Å². The lowest BCUT2D eigenvalue weighted by molar-refractivity contribution is -0.133. The fourth-order valence-electron chi connectivity index (χ4n) is 10.2. The van der Waals surface area contributed by atoms with E-state index < -0.39 is 85.1 Å². The highest BCUT2D eigenvalue weighted by Crippen LogP contribution is 2.36. The van der Waals surface area contributed by atoms with Crippen molar-refractivity contribution in [3.8, 4) is 5.75 Å². The molecule has 2 fully saturated rings. The van der Waals surface area contributed by atoms with Crippen molar-refractivity contribution >= 4 is 39.7 Å². The number of aromatic nitrogens is 2. The van der Waals surface area contributed by atoms with Gasteiger partial charge in [-0.25, -0.2) is 17.6 Å². The topological polar surface area (TPSA) is 211 Å². The molecule has 4 aromatic heterocycles. The highest BCUT2D eigenvalue weighted by molar-refractivity contribution is 5.83. The van der Waals surface area contributed by atoms with Crippen LogP contribution in [0.1, 0.15) is 62.8 Å². The molecular formula is C55H67F4N9O8. The summed E-state index contributed by atoms with van der Waals surface area (Å²) in [5, 5.41) is 34.8. The second-order valence-electron chi connectivity index (χ2n) is 20.5. The number of furan rings is 2. The van der Waals surface area contributed by atoms with Crippen LogP contribution < -0.4 is 26.0 Å². The van der Waals surface area contributed by atoms with E-state index in [2.05, 4.69) is 41.0 Å². The number of β-amino-alcohol motifs (C(OH)–C–C–N with tert-alkyl or cyclic N) is 1. The van der Waals surface area contributed by atoms with Crippen LogP contribution in [-0.4, -0.2) is 155 Å². The van der Waals surface area contributed by atoms with Gasteiger partial charge in [-0.05, 0) is 76.4 Å². The average Bonchev–Trinajstić information content (AvgIpc) is 4.09. The maximum Gasteiger partial charge on any atom is 0.255 e. The van der Waals surface area contributed by atoms with Crippen molar-refractivity contribution in [3.63, 3.8) is 0 Å². The summed E-state index contributed by atoms with van der Waals surface area (Å²) in [5.41, 5.74) is 1.92. The number of fused-ring (bicyclic) bond motifs is 3. The summed E-state index contributed by atoms with van der Waals surface area (Å²) in [5.74, 6) is 0.0543. The third kappa shape index (κ3) is 13.5. The number of nitrogens with zero attached hydrogens (tertiary/aromatic N) is 5. The molecule has 0 aliphatic carbocycles. The first-order chi connectivity index (χ1) is 36.4. The van der Waals surface area contributed by atoms with Gasteiger partial charge < -0.3 is 45.1 Å². The normalized spacial score (nSPS) is 20.6. The molecule has 21 heteroatoms. The van der Waals surface area contributed by atoms with Gasteiger partial charge in [-0.15, -0.1) is 0 Å². The Morgan fingerprint density at radius 3 is 1.99 bits per heavy atom. The minimum absolute atomic E-state index is 0.0271. The van der Waals surface area contributed by atoms with Gasteiger partial charge in [0.25, 0.3) is 12.9 Å². The van der Waals surface area contributed by atoms with Crippen LogP contribution in [0.3, 0.4) is 0 Å². The Morgan fingerprint density at radius 2 is 1.37 bits per heavy atom. The number of amides is 3. The Kier molecular flexibility index (Phi) is 18.1. The van der Waals surface area contributed by atoms with Gasteiger partial charge in [0, 0.05) is 92.9 Å². The summed E-state index contributed by atoms with van der Waals surface area (Å²) in [6, 6.07) is 22.1. The van der Waals surface area contributed by atoms with E-state index in [1.54, 1.807) is 47.9 Å². The number of para-hydroxylation sites is 1. The molecule has 2 saturated heterocycles. The number of hydrogen-bond acceptors (Lipinski definition) is 14. The van der Waals surface area contributed by atoms with Crippen LogP contribution in [-0.2, 0) is 31.9 Å². The molecule has 76 heavy (non-hydrogen) atoms. The first-order valence-electron chi connectivity index (χ1n) is 25.6. The lowest BCUT2D eigenvalue weighted by Crippen LogP contribution is -2.63. The number of carbonyl (C=O) groups excluding carboxylic acids is 3. The second-order valence-corrected chi connectivity index (χ2v) is 20.5. The predicted octanol–water partition coefficient (Wildman–Crippen LogP) is 5.37. The Labute approximate surface area is 438 Å². The van der Waals surface area contributed by atoms with Crippen LogP contribution in [0.15, 0.2) is 112 Å². The van der Waals surface area contributed by atoms with E-state index in [4.69, 9.17) is 13.6 Å². The van der Waals surface area contributed by atoms with E-state index in [-0.39, 0.29) is 32.0 Å². The molecule has 6 atom stereocenters. The van der Waals surface area contributed by atoms with Crippen LogP contribution in [0.5, 0.6) is 5.75 Å². The molecule has 6 N–H and O–H groups in total. The number of piperazine rings is 2. The summed E-state index contributed by atoms with van der Waals surface area (Å²) in [6.45, 7) is 9.46. The van der Waals surface area contributed by atoms with Crippen LogP contribution in [0.4, 0.5) is 17.6 Å². The molecule has 0 unspecified atom stereocenters. The number of benzene rings is 2. The van der Waals surface area contributed by atoms with Gasteiger partial charge in [0.05, 0.1) is 42.4 Å². The molecule has 408 valence electrons. The number of nitrogens with one attached hydrogen (secondary N) is 4. The predicted molar refractivity (Wildman–Crippen MR) is 275 cm³/mol. The number of alkyl halides is 4. The molecular weight excluding hydrogens is 991 g/mol. The van der Waals surface area contributed by atoms with E-state index in [0.717, 1.165) is 34.2 Å². The number of rotatable bonds is 18. The molecule has 3 aliphatic heterocycles.